The monoisotopic (exact) mass is 445 g/mol. The molecule has 0 saturated carbocycles. The molecule has 3 aliphatic heterocycles. The lowest BCUT2D eigenvalue weighted by atomic mass is 9.82. The normalized spacial score (nSPS) is 23.5. The van der Waals surface area contributed by atoms with E-state index in [4.69, 9.17) is 4.74 Å². The summed E-state index contributed by atoms with van der Waals surface area (Å²) in [7, 11) is 0. The molecule has 2 atom stereocenters. The summed E-state index contributed by atoms with van der Waals surface area (Å²) in [6, 6.07) is 13.9. The molecular weight excluding hydrogens is 419 g/mol. The number of fused-ring (bicyclic) bond motifs is 3. The average Bonchev–Trinajstić information content (AvgIpc) is 2.83. The summed E-state index contributed by atoms with van der Waals surface area (Å²) in [6.07, 6.45) is -4.08. The van der Waals surface area contributed by atoms with Crippen molar-refractivity contribution in [3.05, 3.63) is 59.7 Å². The van der Waals surface area contributed by atoms with Crippen LogP contribution in [0.5, 0.6) is 0 Å². The summed E-state index contributed by atoms with van der Waals surface area (Å²) in [4.78, 5) is 19.8. The van der Waals surface area contributed by atoms with E-state index in [1.165, 1.54) is 6.07 Å². The summed E-state index contributed by atoms with van der Waals surface area (Å²) in [5.74, 6) is -0.378. The molecule has 0 aromatic heterocycles. The molecule has 2 fully saturated rings. The number of rotatable bonds is 2. The quantitative estimate of drug-likeness (QED) is 0.710. The van der Waals surface area contributed by atoms with Gasteiger partial charge in [-0.25, -0.2) is 0 Å². The molecule has 32 heavy (non-hydrogen) atoms. The van der Waals surface area contributed by atoms with Crippen LogP contribution >= 0.6 is 0 Å². The van der Waals surface area contributed by atoms with Crippen LogP contribution in [0.25, 0.3) is 0 Å². The van der Waals surface area contributed by atoms with E-state index in [9.17, 15) is 18.0 Å². The molecule has 5 rings (SSSR count). The Kier molecular flexibility index (Phi) is 5.49. The molecule has 0 bridgehead atoms. The van der Waals surface area contributed by atoms with Crippen LogP contribution in [0.3, 0.4) is 0 Å². The standard InChI is InChI=1S/C24H26F3N3O2/c25-24(26,27)18-6-7-21-17(14-18)15-20(23(31)28-10-12-32-13-11-28)22-16-29(8-9-30(21)22)19-4-2-1-3-5-19/h1-7,14,20,22H,8-13,15-16H2/t20-,22-/m1/s1. The van der Waals surface area contributed by atoms with E-state index in [0.29, 0.717) is 51.4 Å². The molecule has 5 nitrogen and oxygen atoms in total. The molecule has 0 unspecified atom stereocenters. The van der Waals surface area contributed by atoms with Crippen molar-refractivity contribution in [1.82, 2.24) is 4.90 Å². The zero-order valence-corrected chi connectivity index (χ0v) is 17.7. The Labute approximate surface area is 185 Å². The van der Waals surface area contributed by atoms with E-state index in [1.54, 1.807) is 6.07 Å². The van der Waals surface area contributed by atoms with Crippen LogP contribution in [0.1, 0.15) is 11.1 Å². The first-order valence-corrected chi connectivity index (χ1v) is 11.0. The molecule has 2 aromatic carbocycles. The molecular formula is C24H26F3N3O2. The van der Waals surface area contributed by atoms with Gasteiger partial charge in [-0.1, -0.05) is 18.2 Å². The van der Waals surface area contributed by atoms with E-state index in [2.05, 4.69) is 21.9 Å². The second kappa shape index (κ2) is 8.31. The Balaban J connectivity index is 1.49. The van der Waals surface area contributed by atoms with Gasteiger partial charge in [0.2, 0.25) is 5.91 Å². The molecule has 1 amide bonds. The predicted octanol–water partition coefficient (Wildman–Crippen LogP) is 3.43. The molecule has 2 aromatic rings. The summed E-state index contributed by atoms with van der Waals surface area (Å²) in [5, 5.41) is 0. The summed E-state index contributed by atoms with van der Waals surface area (Å²) in [6.45, 7) is 4.12. The fourth-order valence-electron chi connectivity index (χ4n) is 5.18. The molecule has 3 heterocycles. The zero-order valence-electron chi connectivity index (χ0n) is 17.7. The number of nitrogens with zero attached hydrogens (tertiary/aromatic N) is 3. The van der Waals surface area contributed by atoms with Crippen LogP contribution in [0, 0.1) is 5.92 Å². The third-order valence-corrected chi connectivity index (χ3v) is 6.80. The van der Waals surface area contributed by atoms with E-state index < -0.39 is 17.7 Å². The Morgan fingerprint density at radius 1 is 0.969 bits per heavy atom. The average molecular weight is 445 g/mol. The molecule has 170 valence electrons. The SMILES string of the molecule is O=C([C@@H]1Cc2cc(C(F)(F)F)ccc2N2CCN(c3ccccc3)C[C@H]12)N1CCOCC1. The van der Waals surface area contributed by atoms with Crippen molar-refractivity contribution in [3.8, 4) is 0 Å². The number of piperazine rings is 1. The lowest BCUT2D eigenvalue weighted by Gasteiger charge is -2.50. The van der Waals surface area contributed by atoms with E-state index in [1.807, 2.05) is 23.1 Å². The smallest absolute Gasteiger partial charge is 0.378 e. The maximum absolute atomic E-state index is 13.5. The van der Waals surface area contributed by atoms with Gasteiger partial charge in [-0.05, 0) is 42.3 Å². The Morgan fingerprint density at radius 3 is 2.44 bits per heavy atom. The Hall–Kier alpha value is -2.74. The lowest BCUT2D eigenvalue weighted by Crippen LogP contribution is -2.62. The van der Waals surface area contributed by atoms with E-state index in [-0.39, 0.29) is 11.9 Å². The number of amides is 1. The fourth-order valence-corrected chi connectivity index (χ4v) is 5.18. The van der Waals surface area contributed by atoms with Gasteiger partial charge in [-0.3, -0.25) is 4.79 Å². The third kappa shape index (κ3) is 3.92. The van der Waals surface area contributed by atoms with Crippen LogP contribution in [0.4, 0.5) is 24.5 Å². The highest BCUT2D eigenvalue weighted by Crippen LogP contribution is 2.40. The fraction of sp³-hybridized carbons (Fsp3) is 0.458. The minimum atomic E-state index is -4.40. The maximum Gasteiger partial charge on any atom is 0.416 e. The first-order valence-electron chi connectivity index (χ1n) is 11.0. The van der Waals surface area contributed by atoms with E-state index >= 15 is 0 Å². The van der Waals surface area contributed by atoms with Gasteiger partial charge in [0.1, 0.15) is 0 Å². The van der Waals surface area contributed by atoms with Crippen molar-refractivity contribution >= 4 is 17.3 Å². The van der Waals surface area contributed by atoms with Gasteiger partial charge in [0.15, 0.2) is 0 Å². The van der Waals surface area contributed by atoms with Crippen molar-refractivity contribution in [3.63, 3.8) is 0 Å². The highest BCUT2D eigenvalue weighted by atomic mass is 19.4. The van der Waals surface area contributed by atoms with Crippen LogP contribution < -0.4 is 9.80 Å². The number of para-hydroxylation sites is 1. The lowest BCUT2D eigenvalue weighted by molar-refractivity contribution is -0.140. The van der Waals surface area contributed by atoms with Crippen LogP contribution in [-0.2, 0) is 22.1 Å². The Morgan fingerprint density at radius 2 is 1.72 bits per heavy atom. The molecule has 2 saturated heterocycles. The number of morpholine rings is 1. The molecule has 3 aliphatic rings. The van der Waals surface area contributed by atoms with Crippen LogP contribution in [0.2, 0.25) is 0 Å². The largest absolute Gasteiger partial charge is 0.416 e. The van der Waals surface area contributed by atoms with Crippen molar-refractivity contribution < 1.29 is 22.7 Å². The molecule has 0 N–H and O–H groups in total. The molecule has 0 radical (unpaired) electrons. The predicted molar refractivity (Wildman–Crippen MR) is 116 cm³/mol. The minimum Gasteiger partial charge on any atom is -0.378 e. The molecule has 8 heteroatoms. The molecule has 0 spiro atoms. The number of halogens is 3. The van der Waals surface area contributed by atoms with Gasteiger partial charge < -0.3 is 19.4 Å². The summed E-state index contributed by atoms with van der Waals surface area (Å²) < 4.78 is 45.5. The number of anilines is 2. The highest BCUT2D eigenvalue weighted by Gasteiger charge is 2.44. The first-order chi connectivity index (χ1) is 15.4. The topological polar surface area (TPSA) is 36.0 Å². The van der Waals surface area contributed by atoms with Gasteiger partial charge >= 0.3 is 6.18 Å². The van der Waals surface area contributed by atoms with Gasteiger partial charge in [0.05, 0.1) is 30.7 Å². The number of alkyl halides is 3. The maximum atomic E-state index is 13.5. The summed E-state index contributed by atoms with van der Waals surface area (Å²) >= 11 is 0. The van der Waals surface area contributed by atoms with Gasteiger partial charge in [-0.15, -0.1) is 0 Å². The Bertz CT molecular complexity index is 976. The minimum absolute atomic E-state index is 0.0151. The van der Waals surface area contributed by atoms with Crippen molar-refractivity contribution in [2.75, 3.05) is 55.7 Å². The summed E-state index contributed by atoms with van der Waals surface area (Å²) in [5.41, 5.74) is 1.87. The number of benzene rings is 2. The number of carbonyl (C=O) groups excluding carboxylic acids is 1. The van der Waals surface area contributed by atoms with Crippen LogP contribution in [0.15, 0.2) is 48.5 Å². The molecule has 0 aliphatic carbocycles. The van der Waals surface area contributed by atoms with Gasteiger partial charge in [0.25, 0.3) is 0 Å². The number of carbonyl (C=O) groups is 1. The highest BCUT2D eigenvalue weighted by molar-refractivity contribution is 5.82. The van der Waals surface area contributed by atoms with Gasteiger partial charge in [0, 0.05) is 44.1 Å². The second-order valence-electron chi connectivity index (χ2n) is 8.63. The van der Waals surface area contributed by atoms with Crippen molar-refractivity contribution in [2.24, 2.45) is 5.92 Å². The van der Waals surface area contributed by atoms with Crippen molar-refractivity contribution in [1.29, 1.82) is 0 Å². The second-order valence-corrected chi connectivity index (χ2v) is 8.63. The number of ether oxygens (including phenoxy) is 1. The number of hydrogen-bond donors (Lipinski definition) is 0. The first kappa shape index (κ1) is 21.1. The van der Waals surface area contributed by atoms with Crippen molar-refractivity contribution in [2.45, 2.75) is 18.6 Å². The van der Waals surface area contributed by atoms with Gasteiger partial charge in [-0.2, -0.15) is 13.2 Å². The third-order valence-electron chi connectivity index (χ3n) is 6.80. The zero-order chi connectivity index (χ0) is 22.3. The number of hydrogen-bond acceptors (Lipinski definition) is 4. The van der Waals surface area contributed by atoms with Crippen LogP contribution in [-0.4, -0.2) is 62.8 Å². The van der Waals surface area contributed by atoms with E-state index in [0.717, 1.165) is 24.0 Å².